The fourth-order valence-electron chi connectivity index (χ4n) is 4.15. The zero-order valence-corrected chi connectivity index (χ0v) is 18.9. The third-order valence-corrected chi connectivity index (χ3v) is 5.76. The summed E-state index contributed by atoms with van der Waals surface area (Å²) in [5.74, 6) is 3.80. The van der Waals surface area contributed by atoms with E-state index in [-0.39, 0.29) is 0 Å². The molecule has 0 amide bonds. The zero-order valence-electron chi connectivity index (χ0n) is 18.9. The molecule has 33 heavy (non-hydrogen) atoms. The molecule has 9 nitrogen and oxygen atoms in total. The van der Waals surface area contributed by atoms with Crippen LogP contribution in [0.4, 0.5) is 17.6 Å². The van der Waals surface area contributed by atoms with E-state index in [1.54, 1.807) is 27.7 Å². The molecule has 0 bridgehead atoms. The summed E-state index contributed by atoms with van der Waals surface area (Å²) in [6.45, 7) is 2.02. The van der Waals surface area contributed by atoms with E-state index in [0.717, 1.165) is 35.5 Å². The number of fused-ring (bicyclic) bond motifs is 1. The van der Waals surface area contributed by atoms with Crippen LogP contribution in [0.2, 0.25) is 0 Å². The predicted molar refractivity (Wildman–Crippen MR) is 127 cm³/mol. The molecular weight excluding hydrogens is 420 g/mol. The van der Waals surface area contributed by atoms with E-state index in [1.165, 1.54) is 12.8 Å². The van der Waals surface area contributed by atoms with Crippen molar-refractivity contribution in [2.45, 2.75) is 12.8 Å². The molecule has 4 aromatic rings. The molecular formula is C24H26N6O3. The molecule has 1 N–H and O–H groups in total. The Bertz CT molecular complexity index is 1260. The Hall–Kier alpha value is -4.01. The lowest BCUT2D eigenvalue weighted by molar-refractivity contribution is 0.324. The van der Waals surface area contributed by atoms with Gasteiger partial charge in [0.1, 0.15) is 12.1 Å². The lowest BCUT2D eigenvalue weighted by atomic mass is 10.2. The van der Waals surface area contributed by atoms with Gasteiger partial charge in [-0.2, -0.15) is 4.98 Å². The van der Waals surface area contributed by atoms with Crippen molar-refractivity contribution in [3.8, 4) is 22.9 Å². The minimum atomic E-state index is 0.519. The van der Waals surface area contributed by atoms with Gasteiger partial charge in [0.15, 0.2) is 17.3 Å². The highest BCUT2D eigenvalue weighted by Gasteiger charge is 2.19. The summed E-state index contributed by atoms with van der Waals surface area (Å²) in [6.07, 6.45) is 5.95. The molecule has 0 aliphatic carbocycles. The first-order valence-corrected chi connectivity index (χ1v) is 10.8. The van der Waals surface area contributed by atoms with Gasteiger partial charge < -0.3 is 29.0 Å². The van der Waals surface area contributed by atoms with Crippen molar-refractivity contribution in [1.29, 1.82) is 0 Å². The van der Waals surface area contributed by atoms with Crippen molar-refractivity contribution in [2.24, 2.45) is 0 Å². The van der Waals surface area contributed by atoms with Crippen LogP contribution in [0, 0.1) is 0 Å². The van der Waals surface area contributed by atoms with E-state index >= 15 is 0 Å². The van der Waals surface area contributed by atoms with Crippen LogP contribution >= 0.6 is 0 Å². The first-order valence-electron chi connectivity index (χ1n) is 10.8. The number of methoxy groups -OCH3 is 3. The standard InChI is InChI=1S/C24H26N6O3/c1-31-19-12-16(13-20(32-2)22(19)33-3)30-14-21(25-15-30)27-24-26-18-9-5-4-8-17(18)23(28-24)29-10-6-7-11-29/h4-5,8-9,12-15H,6-7,10-11H2,1-3H3,(H,26,27,28). The van der Waals surface area contributed by atoms with Crippen molar-refractivity contribution in [3.05, 3.63) is 48.9 Å². The predicted octanol–water partition coefficient (Wildman–Crippen LogP) is 4.19. The van der Waals surface area contributed by atoms with E-state index in [0.29, 0.717) is 29.0 Å². The molecule has 0 unspecified atom stereocenters. The Kier molecular flexibility index (Phi) is 5.60. The topological polar surface area (TPSA) is 86.6 Å². The second kappa shape index (κ2) is 8.85. The summed E-state index contributed by atoms with van der Waals surface area (Å²) in [4.78, 5) is 16.4. The molecule has 1 fully saturated rings. The molecule has 2 aromatic heterocycles. The first-order chi connectivity index (χ1) is 16.2. The zero-order chi connectivity index (χ0) is 22.8. The van der Waals surface area contributed by atoms with Crippen LogP contribution in [0.15, 0.2) is 48.9 Å². The van der Waals surface area contributed by atoms with Crippen molar-refractivity contribution in [2.75, 3.05) is 44.6 Å². The second-order valence-corrected chi connectivity index (χ2v) is 7.76. The SMILES string of the molecule is COc1cc(-n2cnc(Nc3nc(N4CCCC4)c4ccccc4n3)c2)cc(OC)c1OC. The van der Waals surface area contributed by atoms with Gasteiger partial charge in [0.05, 0.1) is 38.7 Å². The molecule has 1 aliphatic heterocycles. The highest BCUT2D eigenvalue weighted by atomic mass is 16.5. The van der Waals surface area contributed by atoms with E-state index < -0.39 is 0 Å². The molecule has 0 spiro atoms. The van der Waals surface area contributed by atoms with Crippen molar-refractivity contribution in [1.82, 2.24) is 19.5 Å². The van der Waals surface area contributed by atoms with Crippen LogP contribution in [0.5, 0.6) is 17.2 Å². The molecule has 9 heteroatoms. The van der Waals surface area contributed by atoms with E-state index in [1.807, 2.05) is 41.1 Å². The number of nitrogens with zero attached hydrogens (tertiary/aromatic N) is 5. The van der Waals surface area contributed by atoms with Crippen LogP contribution < -0.4 is 24.4 Å². The summed E-state index contributed by atoms with van der Waals surface area (Å²) < 4.78 is 18.2. The van der Waals surface area contributed by atoms with Gasteiger partial charge in [-0.25, -0.2) is 9.97 Å². The number of rotatable bonds is 7. The van der Waals surface area contributed by atoms with Gasteiger partial charge in [0, 0.05) is 30.6 Å². The van der Waals surface area contributed by atoms with Crippen molar-refractivity contribution >= 4 is 28.5 Å². The maximum absolute atomic E-state index is 5.47. The Balaban J connectivity index is 1.47. The number of anilines is 3. The molecule has 3 heterocycles. The van der Waals surface area contributed by atoms with Crippen LogP contribution in [0.3, 0.4) is 0 Å². The van der Waals surface area contributed by atoms with Gasteiger partial charge in [-0.15, -0.1) is 0 Å². The number of ether oxygens (including phenoxy) is 3. The van der Waals surface area contributed by atoms with E-state index in [4.69, 9.17) is 24.2 Å². The largest absolute Gasteiger partial charge is 0.493 e. The van der Waals surface area contributed by atoms with Crippen molar-refractivity contribution < 1.29 is 14.2 Å². The number of para-hydroxylation sites is 1. The number of hydrogen-bond acceptors (Lipinski definition) is 8. The highest BCUT2D eigenvalue weighted by Crippen LogP contribution is 2.39. The molecule has 170 valence electrons. The molecule has 0 radical (unpaired) electrons. The summed E-state index contributed by atoms with van der Waals surface area (Å²) in [5.41, 5.74) is 1.73. The molecule has 1 saturated heterocycles. The monoisotopic (exact) mass is 446 g/mol. The summed E-state index contributed by atoms with van der Waals surface area (Å²) in [5, 5.41) is 4.32. The fourth-order valence-corrected chi connectivity index (χ4v) is 4.15. The average Bonchev–Trinajstić information content (AvgIpc) is 3.55. The molecule has 5 rings (SSSR count). The lowest BCUT2D eigenvalue weighted by Gasteiger charge is -2.19. The van der Waals surface area contributed by atoms with E-state index in [9.17, 15) is 0 Å². The number of nitrogens with one attached hydrogen (secondary N) is 1. The third-order valence-electron chi connectivity index (χ3n) is 5.76. The van der Waals surface area contributed by atoms with Gasteiger partial charge in [-0.1, -0.05) is 12.1 Å². The Morgan fingerprint density at radius 2 is 1.64 bits per heavy atom. The molecule has 0 saturated carbocycles. The minimum absolute atomic E-state index is 0.519. The smallest absolute Gasteiger partial charge is 0.230 e. The van der Waals surface area contributed by atoms with E-state index in [2.05, 4.69) is 21.3 Å². The molecule has 2 aromatic carbocycles. The number of hydrogen-bond donors (Lipinski definition) is 1. The summed E-state index contributed by atoms with van der Waals surface area (Å²) in [6, 6.07) is 11.8. The number of aromatic nitrogens is 4. The average molecular weight is 447 g/mol. The second-order valence-electron chi connectivity index (χ2n) is 7.76. The highest BCUT2D eigenvalue weighted by molar-refractivity contribution is 5.90. The van der Waals surface area contributed by atoms with Crippen LogP contribution in [0.1, 0.15) is 12.8 Å². The summed E-state index contributed by atoms with van der Waals surface area (Å²) in [7, 11) is 4.77. The van der Waals surface area contributed by atoms with Gasteiger partial charge in [0.25, 0.3) is 0 Å². The first kappa shape index (κ1) is 20.9. The van der Waals surface area contributed by atoms with Crippen LogP contribution in [-0.2, 0) is 0 Å². The third kappa shape index (κ3) is 3.97. The Morgan fingerprint density at radius 1 is 0.909 bits per heavy atom. The van der Waals surface area contributed by atoms with Crippen LogP contribution in [0.25, 0.3) is 16.6 Å². The Labute approximate surface area is 192 Å². The number of imidazole rings is 1. The Morgan fingerprint density at radius 3 is 2.33 bits per heavy atom. The fraction of sp³-hybridized carbons (Fsp3) is 0.292. The summed E-state index contributed by atoms with van der Waals surface area (Å²) >= 11 is 0. The van der Waals surface area contributed by atoms with Gasteiger partial charge >= 0.3 is 0 Å². The molecule has 0 atom stereocenters. The normalized spacial score (nSPS) is 13.4. The maximum Gasteiger partial charge on any atom is 0.230 e. The van der Waals surface area contributed by atoms with Gasteiger partial charge in [0.2, 0.25) is 11.7 Å². The van der Waals surface area contributed by atoms with Crippen LogP contribution in [-0.4, -0.2) is 53.9 Å². The lowest BCUT2D eigenvalue weighted by Crippen LogP contribution is -2.20. The maximum atomic E-state index is 5.47. The minimum Gasteiger partial charge on any atom is -0.493 e. The quantitative estimate of drug-likeness (QED) is 0.452. The molecule has 1 aliphatic rings. The number of benzene rings is 2. The van der Waals surface area contributed by atoms with Gasteiger partial charge in [-0.05, 0) is 25.0 Å². The van der Waals surface area contributed by atoms with Crippen molar-refractivity contribution in [3.63, 3.8) is 0 Å². The van der Waals surface area contributed by atoms with Gasteiger partial charge in [-0.3, -0.25) is 0 Å².